The number of carbonyl (C=O) groups excluding carboxylic acids is 1. The van der Waals surface area contributed by atoms with E-state index >= 15 is 0 Å². The van der Waals surface area contributed by atoms with Gasteiger partial charge in [0.05, 0.1) is 0 Å². The number of amides is 1. The van der Waals surface area contributed by atoms with E-state index in [0.717, 1.165) is 42.9 Å². The summed E-state index contributed by atoms with van der Waals surface area (Å²) in [7, 11) is 3.99. The monoisotopic (exact) mass is 316 g/mol. The fourth-order valence-electron chi connectivity index (χ4n) is 2.54. The van der Waals surface area contributed by atoms with Gasteiger partial charge in [-0.25, -0.2) is 0 Å². The fraction of sp³-hybridized carbons (Fsp3) is 0.556. The molecular formula is C18H28N4O. The highest BCUT2D eigenvalue weighted by molar-refractivity contribution is 6.01. The molecule has 1 aromatic rings. The Morgan fingerprint density at radius 2 is 2.13 bits per heavy atom. The van der Waals surface area contributed by atoms with Crippen LogP contribution in [0.25, 0.3) is 6.08 Å². The molecule has 0 saturated carbocycles. The van der Waals surface area contributed by atoms with Gasteiger partial charge in [0.15, 0.2) is 0 Å². The van der Waals surface area contributed by atoms with Gasteiger partial charge in [0.25, 0.3) is 5.91 Å². The van der Waals surface area contributed by atoms with Crippen LogP contribution in [0.3, 0.4) is 0 Å². The number of aromatic nitrogens is 1. The van der Waals surface area contributed by atoms with E-state index < -0.39 is 0 Å². The standard InChI is InChI=1S/C18H28N4O/c1-6-9-22-14(2)11-16(15(22)3)12-17(13-19)18(23)20-8-7-10-21(4)5/h11-12H,6-10H2,1-5H3,(H,20,23)/b17-12+. The maximum Gasteiger partial charge on any atom is 0.261 e. The highest BCUT2D eigenvalue weighted by Gasteiger charge is 2.12. The van der Waals surface area contributed by atoms with E-state index in [0.29, 0.717) is 6.54 Å². The lowest BCUT2D eigenvalue weighted by atomic mass is 10.1. The van der Waals surface area contributed by atoms with Crippen molar-refractivity contribution in [2.75, 3.05) is 27.2 Å². The average molecular weight is 316 g/mol. The molecule has 0 aliphatic heterocycles. The third kappa shape index (κ3) is 5.57. The van der Waals surface area contributed by atoms with Gasteiger partial charge in [-0.1, -0.05) is 6.92 Å². The van der Waals surface area contributed by atoms with Crippen molar-refractivity contribution in [1.29, 1.82) is 5.26 Å². The lowest BCUT2D eigenvalue weighted by Gasteiger charge is -2.09. The molecule has 0 radical (unpaired) electrons. The van der Waals surface area contributed by atoms with Gasteiger partial charge < -0.3 is 14.8 Å². The van der Waals surface area contributed by atoms with E-state index in [2.05, 4.69) is 21.7 Å². The number of nitrogens with one attached hydrogen (secondary N) is 1. The minimum atomic E-state index is -0.299. The van der Waals surface area contributed by atoms with Gasteiger partial charge in [0.2, 0.25) is 0 Å². The second-order valence-corrected chi connectivity index (χ2v) is 6.06. The summed E-state index contributed by atoms with van der Waals surface area (Å²) in [6, 6.07) is 4.05. The van der Waals surface area contributed by atoms with Gasteiger partial charge in [-0.05, 0) is 65.0 Å². The van der Waals surface area contributed by atoms with Crippen molar-refractivity contribution in [3.8, 4) is 6.07 Å². The third-order valence-corrected chi connectivity index (χ3v) is 3.79. The number of nitrogens with zero attached hydrogens (tertiary/aromatic N) is 3. The molecule has 1 heterocycles. The summed E-state index contributed by atoms with van der Waals surface area (Å²) in [5.74, 6) is -0.299. The Balaban J connectivity index is 2.81. The van der Waals surface area contributed by atoms with E-state index in [-0.39, 0.29) is 11.5 Å². The number of nitriles is 1. The third-order valence-electron chi connectivity index (χ3n) is 3.79. The summed E-state index contributed by atoms with van der Waals surface area (Å²) in [4.78, 5) is 14.2. The predicted octanol–water partition coefficient (Wildman–Crippen LogP) is 2.49. The normalized spacial score (nSPS) is 11.6. The largest absolute Gasteiger partial charge is 0.351 e. The molecule has 0 aromatic carbocycles. The zero-order valence-corrected chi connectivity index (χ0v) is 14.9. The lowest BCUT2D eigenvalue weighted by molar-refractivity contribution is -0.117. The van der Waals surface area contributed by atoms with Crippen LogP contribution in [0.2, 0.25) is 0 Å². The Morgan fingerprint density at radius 1 is 1.43 bits per heavy atom. The van der Waals surface area contributed by atoms with E-state index in [9.17, 15) is 10.1 Å². The first-order valence-electron chi connectivity index (χ1n) is 8.12. The fourth-order valence-corrected chi connectivity index (χ4v) is 2.54. The number of rotatable bonds is 8. The minimum absolute atomic E-state index is 0.159. The molecule has 0 atom stereocenters. The van der Waals surface area contributed by atoms with Gasteiger partial charge in [0, 0.05) is 24.5 Å². The van der Waals surface area contributed by atoms with E-state index in [1.165, 1.54) is 0 Å². The molecule has 1 aromatic heterocycles. The molecule has 0 spiro atoms. The van der Waals surface area contributed by atoms with Crippen LogP contribution in [-0.2, 0) is 11.3 Å². The van der Waals surface area contributed by atoms with E-state index in [1.807, 2.05) is 40.1 Å². The quantitative estimate of drug-likeness (QED) is 0.455. The molecule has 0 fully saturated rings. The Hall–Kier alpha value is -2.06. The molecule has 0 unspecified atom stereocenters. The number of hydrogen-bond acceptors (Lipinski definition) is 3. The second kappa shape index (κ2) is 9.16. The number of aryl methyl sites for hydroxylation is 1. The first-order valence-corrected chi connectivity index (χ1v) is 8.12. The van der Waals surface area contributed by atoms with Crippen LogP contribution < -0.4 is 5.32 Å². The second-order valence-electron chi connectivity index (χ2n) is 6.06. The number of hydrogen-bond donors (Lipinski definition) is 1. The van der Waals surface area contributed by atoms with Crippen molar-refractivity contribution in [3.63, 3.8) is 0 Å². The molecule has 1 amide bonds. The van der Waals surface area contributed by atoms with Gasteiger partial charge in [-0.2, -0.15) is 5.26 Å². The summed E-state index contributed by atoms with van der Waals surface area (Å²) in [5.41, 5.74) is 3.35. The van der Waals surface area contributed by atoms with Crippen LogP contribution in [0.5, 0.6) is 0 Å². The van der Waals surface area contributed by atoms with Crippen molar-refractivity contribution in [2.45, 2.75) is 40.2 Å². The van der Waals surface area contributed by atoms with Gasteiger partial charge in [-0.15, -0.1) is 0 Å². The Labute approximate surface area is 139 Å². The Kier molecular flexibility index (Phi) is 7.56. The molecule has 1 N–H and O–H groups in total. The molecule has 0 aliphatic rings. The summed E-state index contributed by atoms with van der Waals surface area (Å²) < 4.78 is 2.22. The summed E-state index contributed by atoms with van der Waals surface area (Å²) in [6.07, 6.45) is 3.61. The Bertz CT molecular complexity index is 605. The zero-order chi connectivity index (χ0) is 17.4. The predicted molar refractivity (Wildman–Crippen MR) is 94.0 cm³/mol. The molecule has 1 rings (SSSR count). The molecule has 0 aliphatic carbocycles. The molecule has 23 heavy (non-hydrogen) atoms. The van der Waals surface area contributed by atoms with Crippen LogP contribution in [0, 0.1) is 25.2 Å². The average Bonchev–Trinajstić information content (AvgIpc) is 2.76. The van der Waals surface area contributed by atoms with Gasteiger partial charge in [0.1, 0.15) is 11.6 Å². The van der Waals surface area contributed by atoms with Crippen molar-refractivity contribution in [3.05, 3.63) is 28.6 Å². The zero-order valence-electron chi connectivity index (χ0n) is 14.9. The van der Waals surface area contributed by atoms with Crippen molar-refractivity contribution in [1.82, 2.24) is 14.8 Å². The highest BCUT2D eigenvalue weighted by Crippen LogP contribution is 2.18. The van der Waals surface area contributed by atoms with Crippen LogP contribution in [0.4, 0.5) is 0 Å². The topological polar surface area (TPSA) is 61.1 Å². The molecule has 5 nitrogen and oxygen atoms in total. The van der Waals surface area contributed by atoms with Crippen molar-refractivity contribution in [2.24, 2.45) is 0 Å². The van der Waals surface area contributed by atoms with E-state index in [1.54, 1.807) is 6.08 Å². The van der Waals surface area contributed by atoms with Gasteiger partial charge >= 0.3 is 0 Å². The maximum absolute atomic E-state index is 12.1. The lowest BCUT2D eigenvalue weighted by Crippen LogP contribution is -2.27. The van der Waals surface area contributed by atoms with Crippen molar-refractivity contribution >= 4 is 12.0 Å². The first kappa shape index (κ1) is 19.0. The van der Waals surface area contributed by atoms with Crippen LogP contribution in [0.15, 0.2) is 11.6 Å². The molecule has 0 bridgehead atoms. The molecule has 5 heteroatoms. The number of carbonyl (C=O) groups is 1. The van der Waals surface area contributed by atoms with Crippen LogP contribution in [-0.4, -0.2) is 42.6 Å². The first-order chi connectivity index (χ1) is 10.9. The molecular weight excluding hydrogens is 288 g/mol. The van der Waals surface area contributed by atoms with Crippen LogP contribution in [0.1, 0.15) is 36.7 Å². The van der Waals surface area contributed by atoms with Gasteiger partial charge in [-0.3, -0.25) is 4.79 Å². The minimum Gasteiger partial charge on any atom is -0.351 e. The van der Waals surface area contributed by atoms with E-state index in [4.69, 9.17) is 0 Å². The highest BCUT2D eigenvalue weighted by atomic mass is 16.1. The summed E-state index contributed by atoms with van der Waals surface area (Å²) in [6.45, 7) is 8.64. The smallest absolute Gasteiger partial charge is 0.261 e. The SMILES string of the molecule is CCCn1c(C)cc(/C=C(\C#N)C(=O)NCCCN(C)C)c1C. The summed E-state index contributed by atoms with van der Waals surface area (Å²) in [5, 5.41) is 12.1. The Morgan fingerprint density at radius 3 is 2.70 bits per heavy atom. The summed E-state index contributed by atoms with van der Waals surface area (Å²) >= 11 is 0. The molecule has 126 valence electrons. The molecule has 0 saturated heterocycles. The van der Waals surface area contributed by atoms with Crippen molar-refractivity contribution < 1.29 is 4.79 Å². The maximum atomic E-state index is 12.1. The van der Waals surface area contributed by atoms with Crippen LogP contribution >= 0.6 is 0 Å².